The second-order valence-corrected chi connectivity index (χ2v) is 10.9. The van der Waals surface area contributed by atoms with Crippen LogP contribution in [-0.4, -0.2) is 37.9 Å². The van der Waals surface area contributed by atoms with E-state index < -0.39 is 28.0 Å². The molecular formula is C31H29FN4O6S. The molecule has 12 heteroatoms. The monoisotopic (exact) mass is 604 g/mol. The average molecular weight is 605 g/mol. The summed E-state index contributed by atoms with van der Waals surface area (Å²) in [5.74, 6) is -0.175. The van der Waals surface area contributed by atoms with Crippen LogP contribution in [-0.2, 0) is 16.6 Å². The van der Waals surface area contributed by atoms with Crippen LogP contribution in [0.25, 0.3) is 11.1 Å². The Hall–Kier alpha value is -5.07. The van der Waals surface area contributed by atoms with Gasteiger partial charge in [0, 0.05) is 24.2 Å². The second kappa shape index (κ2) is 13.7. The van der Waals surface area contributed by atoms with Crippen molar-refractivity contribution in [2.75, 3.05) is 6.54 Å². The van der Waals surface area contributed by atoms with E-state index in [4.69, 9.17) is 20.3 Å². The third kappa shape index (κ3) is 8.47. The minimum Gasteiger partial charge on any atom is -0.410 e. The first kappa shape index (κ1) is 30.9. The zero-order chi connectivity index (χ0) is 31.0. The maximum absolute atomic E-state index is 13.1. The van der Waals surface area contributed by atoms with Crippen molar-refractivity contribution in [2.24, 2.45) is 15.9 Å². The molecule has 0 radical (unpaired) electrons. The average Bonchev–Trinajstić information content (AvgIpc) is 2.98. The predicted molar refractivity (Wildman–Crippen MR) is 160 cm³/mol. The molecule has 4 rings (SSSR count). The van der Waals surface area contributed by atoms with E-state index in [2.05, 4.69) is 4.99 Å². The van der Waals surface area contributed by atoms with E-state index >= 15 is 0 Å². The molecule has 0 saturated heterocycles. The summed E-state index contributed by atoms with van der Waals surface area (Å²) in [6, 6.07) is 24.5. The number of carbonyl (C=O) groups excluding carboxylic acids is 2. The molecule has 0 atom stereocenters. The standard InChI is InChI=1S/C31H29FN4O6S/c1-2-18-36(31(38)42-26-14-10-22(11-15-26)27-8-3-4-9-28(27)43(34,39)40)20-21-6-5-7-23(19-21)29(33)35-30(37)41-25-16-12-24(32)13-17-25/h3-17,19H,2,18,20H2,1H3,(H2,33,35,37)(H2,34,39,40). The lowest BCUT2D eigenvalue weighted by atomic mass is 10.1. The highest BCUT2D eigenvalue weighted by Crippen LogP contribution is 2.28. The van der Waals surface area contributed by atoms with Gasteiger partial charge in [0.05, 0.1) is 4.90 Å². The van der Waals surface area contributed by atoms with E-state index in [1.807, 2.05) is 6.92 Å². The van der Waals surface area contributed by atoms with Crippen molar-refractivity contribution in [1.82, 2.24) is 4.90 Å². The summed E-state index contributed by atoms with van der Waals surface area (Å²) in [5, 5.41) is 5.35. The van der Waals surface area contributed by atoms with E-state index in [0.717, 1.165) is 12.1 Å². The van der Waals surface area contributed by atoms with Gasteiger partial charge in [-0.2, -0.15) is 4.99 Å². The molecule has 0 saturated carbocycles. The Morgan fingerprint density at radius 2 is 1.53 bits per heavy atom. The van der Waals surface area contributed by atoms with Crippen LogP contribution in [0.15, 0.2) is 107 Å². The van der Waals surface area contributed by atoms with Crippen molar-refractivity contribution in [3.8, 4) is 22.6 Å². The van der Waals surface area contributed by atoms with Crippen LogP contribution >= 0.6 is 0 Å². The number of carbonyl (C=O) groups is 2. The second-order valence-electron chi connectivity index (χ2n) is 9.37. The number of nitrogens with two attached hydrogens (primary N) is 2. The third-order valence-electron chi connectivity index (χ3n) is 6.14. The number of amides is 2. The molecule has 0 fully saturated rings. The van der Waals surface area contributed by atoms with Crippen molar-refractivity contribution in [3.05, 3.63) is 114 Å². The van der Waals surface area contributed by atoms with Crippen molar-refractivity contribution in [3.63, 3.8) is 0 Å². The van der Waals surface area contributed by atoms with Crippen LogP contribution in [0.5, 0.6) is 11.5 Å². The van der Waals surface area contributed by atoms with Gasteiger partial charge in [0.1, 0.15) is 23.2 Å². The fraction of sp³-hybridized carbons (Fsp3) is 0.129. The largest absolute Gasteiger partial charge is 0.441 e. The molecule has 4 aromatic carbocycles. The Kier molecular flexibility index (Phi) is 9.86. The molecule has 4 N–H and O–H groups in total. The first-order valence-electron chi connectivity index (χ1n) is 13.1. The summed E-state index contributed by atoms with van der Waals surface area (Å²) in [6.07, 6.45) is -0.893. The number of halogens is 1. The molecule has 0 aliphatic rings. The van der Waals surface area contributed by atoms with Crippen molar-refractivity contribution in [2.45, 2.75) is 24.8 Å². The number of hydrogen-bond acceptors (Lipinski definition) is 6. The maximum Gasteiger partial charge on any atom is 0.441 e. The lowest BCUT2D eigenvalue weighted by molar-refractivity contribution is 0.149. The predicted octanol–water partition coefficient (Wildman–Crippen LogP) is 5.46. The summed E-state index contributed by atoms with van der Waals surface area (Å²) < 4.78 is 47.7. The number of amidine groups is 1. The number of ether oxygens (including phenoxy) is 2. The number of nitrogens with zero attached hydrogens (tertiary/aromatic N) is 2. The Balaban J connectivity index is 1.44. The van der Waals surface area contributed by atoms with Gasteiger partial charge in [0.25, 0.3) is 0 Å². The normalized spacial score (nSPS) is 11.6. The van der Waals surface area contributed by atoms with Gasteiger partial charge in [0.2, 0.25) is 10.0 Å². The highest BCUT2D eigenvalue weighted by molar-refractivity contribution is 7.89. The topological polar surface area (TPSA) is 154 Å². The van der Waals surface area contributed by atoms with E-state index in [1.165, 1.54) is 23.1 Å². The maximum atomic E-state index is 13.1. The van der Waals surface area contributed by atoms with Gasteiger partial charge in [-0.15, -0.1) is 0 Å². The summed E-state index contributed by atoms with van der Waals surface area (Å²) in [7, 11) is -3.93. The van der Waals surface area contributed by atoms with Gasteiger partial charge in [-0.05, 0) is 66.1 Å². The molecule has 0 unspecified atom stereocenters. The first-order valence-corrected chi connectivity index (χ1v) is 14.7. The van der Waals surface area contributed by atoms with Crippen LogP contribution in [0, 0.1) is 5.82 Å². The molecule has 0 aromatic heterocycles. The number of benzene rings is 4. The summed E-state index contributed by atoms with van der Waals surface area (Å²) >= 11 is 0. The van der Waals surface area contributed by atoms with Gasteiger partial charge < -0.3 is 20.1 Å². The molecule has 0 heterocycles. The number of aliphatic imine (C=N–C) groups is 1. The lowest BCUT2D eigenvalue weighted by Crippen LogP contribution is -2.33. The third-order valence-corrected chi connectivity index (χ3v) is 7.11. The zero-order valence-electron chi connectivity index (χ0n) is 23.1. The fourth-order valence-corrected chi connectivity index (χ4v) is 4.93. The van der Waals surface area contributed by atoms with Gasteiger partial charge in [-0.1, -0.05) is 55.5 Å². The minimum atomic E-state index is -3.93. The van der Waals surface area contributed by atoms with E-state index in [9.17, 15) is 22.4 Å². The number of rotatable bonds is 9. The molecule has 0 spiro atoms. The van der Waals surface area contributed by atoms with E-state index in [0.29, 0.717) is 35.2 Å². The number of sulfonamides is 1. The molecule has 4 aromatic rings. The van der Waals surface area contributed by atoms with Crippen molar-refractivity contribution < 1.29 is 31.9 Å². The van der Waals surface area contributed by atoms with Crippen molar-refractivity contribution in [1.29, 1.82) is 0 Å². The Morgan fingerprint density at radius 3 is 2.21 bits per heavy atom. The number of hydrogen-bond donors (Lipinski definition) is 2. The SMILES string of the molecule is CCCN(Cc1cccc(C(N)=NC(=O)Oc2ccc(F)cc2)c1)C(=O)Oc1ccc(-c2ccccc2S(N)(=O)=O)cc1. The Labute approximate surface area is 248 Å². The molecule has 43 heavy (non-hydrogen) atoms. The van der Waals surface area contributed by atoms with Gasteiger partial charge in [-0.25, -0.2) is 27.5 Å². The van der Waals surface area contributed by atoms with Gasteiger partial charge in [-0.3, -0.25) is 0 Å². The Morgan fingerprint density at radius 1 is 0.884 bits per heavy atom. The van der Waals surface area contributed by atoms with Crippen LogP contribution < -0.4 is 20.3 Å². The van der Waals surface area contributed by atoms with Gasteiger partial charge >= 0.3 is 12.2 Å². The molecule has 0 aliphatic carbocycles. The molecule has 0 bridgehead atoms. The molecule has 222 valence electrons. The molecule has 10 nitrogen and oxygen atoms in total. The van der Waals surface area contributed by atoms with Gasteiger partial charge in [0.15, 0.2) is 0 Å². The van der Waals surface area contributed by atoms with E-state index in [-0.39, 0.29) is 28.8 Å². The molecule has 0 aliphatic heterocycles. The highest BCUT2D eigenvalue weighted by atomic mass is 32.2. The minimum absolute atomic E-state index is 0.00783. The van der Waals surface area contributed by atoms with E-state index in [1.54, 1.807) is 66.7 Å². The first-order chi connectivity index (χ1) is 20.5. The lowest BCUT2D eigenvalue weighted by Gasteiger charge is -2.22. The molecule has 2 amide bonds. The quantitative estimate of drug-likeness (QED) is 0.190. The van der Waals surface area contributed by atoms with Crippen LogP contribution in [0.4, 0.5) is 14.0 Å². The van der Waals surface area contributed by atoms with Crippen LogP contribution in [0.1, 0.15) is 24.5 Å². The summed E-state index contributed by atoms with van der Waals surface area (Å²) in [4.78, 5) is 30.5. The van der Waals surface area contributed by atoms with Crippen molar-refractivity contribution >= 4 is 28.0 Å². The summed E-state index contributed by atoms with van der Waals surface area (Å²) in [5.41, 5.74) is 8.20. The fourth-order valence-electron chi connectivity index (χ4n) is 4.16. The number of primary sulfonamides is 1. The smallest absolute Gasteiger partial charge is 0.410 e. The Bertz CT molecular complexity index is 1740. The molecular weight excluding hydrogens is 575 g/mol. The highest BCUT2D eigenvalue weighted by Gasteiger charge is 2.18. The van der Waals surface area contributed by atoms with Crippen LogP contribution in [0.3, 0.4) is 0 Å². The summed E-state index contributed by atoms with van der Waals surface area (Å²) in [6.45, 7) is 2.51. The van der Waals surface area contributed by atoms with Crippen LogP contribution in [0.2, 0.25) is 0 Å². The zero-order valence-corrected chi connectivity index (χ0v) is 24.0.